The van der Waals surface area contributed by atoms with Crippen LogP contribution in [0.1, 0.15) is 0 Å². The van der Waals surface area contributed by atoms with Crippen LogP contribution in [0.2, 0.25) is 5.02 Å². The average Bonchev–Trinajstić information content (AvgIpc) is 2.57. The van der Waals surface area contributed by atoms with Crippen LogP contribution < -0.4 is 15.4 Å². The van der Waals surface area contributed by atoms with E-state index in [4.69, 9.17) is 21.6 Å². The number of nitriles is 1. The third-order valence-corrected chi connectivity index (χ3v) is 3.73. The van der Waals surface area contributed by atoms with E-state index in [-0.39, 0.29) is 0 Å². The first-order valence-corrected chi connectivity index (χ1v) is 7.85. The number of carbonyl (C=O) groups excluding carboxylic acids is 2. The van der Waals surface area contributed by atoms with E-state index >= 15 is 0 Å². The maximum atomic E-state index is 12.0. The molecule has 8 heteroatoms. The number of ether oxygens (including phenoxy) is 1. The summed E-state index contributed by atoms with van der Waals surface area (Å²) >= 11 is 6.88. The lowest BCUT2D eigenvalue weighted by atomic mass is 10.3. The molecule has 0 bridgehead atoms. The highest BCUT2D eigenvalue weighted by Crippen LogP contribution is 2.27. The lowest BCUT2D eigenvalue weighted by Crippen LogP contribution is -2.29. The molecule has 24 heavy (non-hydrogen) atoms. The molecule has 2 N–H and O–H groups in total. The van der Waals surface area contributed by atoms with Crippen molar-refractivity contribution in [1.29, 1.82) is 5.26 Å². The number of nitrogens with one attached hydrogen (secondary N) is 2. The summed E-state index contributed by atoms with van der Waals surface area (Å²) in [6, 6.07) is 11.2. The third-order valence-electron chi connectivity index (χ3n) is 2.89. The molecule has 2 aromatic rings. The summed E-state index contributed by atoms with van der Waals surface area (Å²) < 4.78 is 5.10. The Morgan fingerprint density at radius 2 is 1.79 bits per heavy atom. The summed E-state index contributed by atoms with van der Waals surface area (Å²) in [7, 11) is 1.44. The molecule has 0 aromatic heterocycles. The van der Waals surface area contributed by atoms with Crippen LogP contribution in [-0.4, -0.2) is 18.9 Å². The monoisotopic (exact) mass is 361 g/mol. The molecule has 2 rings (SSSR count). The van der Waals surface area contributed by atoms with Crippen LogP contribution in [0.25, 0.3) is 0 Å². The van der Waals surface area contributed by atoms with Crippen molar-refractivity contribution in [3.8, 4) is 11.2 Å². The van der Waals surface area contributed by atoms with Gasteiger partial charge in [-0.05, 0) is 54.2 Å². The van der Waals surface area contributed by atoms with E-state index in [1.807, 2.05) is 5.40 Å². The molecule has 0 saturated carbocycles. The van der Waals surface area contributed by atoms with E-state index in [2.05, 4.69) is 10.6 Å². The normalized spacial score (nSPS) is 9.71. The minimum atomic E-state index is -0.856. The van der Waals surface area contributed by atoms with Crippen LogP contribution in [-0.2, 0) is 9.59 Å². The maximum absolute atomic E-state index is 12.0. The van der Waals surface area contributed by atoms with Gasteiger partial charge in [-0.3, -0.25) is 9.59 Å². The molecule has 0 heterocycles. The predicted octanol–water partition coefficient (Wildman–Crippen LogP) is 3.50. The summed E-state index contributed by atoms with van der Waals surface area (Å²) in [6.07, 6.45) is 0. The number of methoxy groups -OCH3 is 1. The van der Waals surface area contributed by atoms with Crippen molar-refractivity contribution in [3.05, 3.63) is 47.5 Å². The van der Waals surface area contributed by atoms with Crippen LogP contribution in [0.15, 0.2) is 47.4 Å². The zero-order valence-electron chi connectivity index (χ0n) is 12.5. The number of thioether (sulfide) groups is 1. The number of rotatable bonds is 4. The summed E-state index contributed by atoms with van der Waals surface area (Å²) in [5.41, 5.74) is 0.737. The van der Waals surface area contributed by atoms with Gasteiger partial charge in [-0.15, -0.1) is 0 Å². The van der Waals surface area contributed by atoms with Gasteiger partial charge in [0.1, 0.15) is 11.2 Å². The van der Waals surface area contributed by atoms with E-state index in [1.165, 1.54) is 13.2 Å². The molecule has 0 aliphatic carbocycles. The number of hydrogen-bond donors (Lipinski definition) is 2. The highest BCUT2D eigenvalue weighted by molar-refractivity contribution is 8.03. The highest BCUT2D eigenvalue weighted by Gasteiger charge is 2.16. The van der Waals surface area contributed by atoms with Crippen molar-refractivity contribution >= 4 is 46.6 Å². The first-order valence-electron chi connectivity index (χ1n) is 6.65. The number of halogens is 1. The number of benzene rings is 2. The van der Waals surface area contributed by atoms with Gasteiger partial charge in [-0.1, -0.05) is 11.6 Å². The van der Waals surface area contributed by atoms with Crippen LogP contribution in [0.3, 0.4) is 0 Å². The van der Waals surface area contributed by atoms with E-state index in [0.29, 0.717) is 22.1 Å². The summed E-state index contributed by atoms with van der Waals surface area (Å²) in [4.78, 5) is 24.7. The number of amides is 2. The van der Waals surface area contributed by atoms with E-state index in [0.717, 1.165) is 16.7 Å². The van der Waals surface area contributed by atoms with Crippen LogP contribution in [0.4, 0.5) is 11.4 Å². The molecule has 2 aromatic carbocycles. The zero-order valence-corrected chi connectivity index (χ0v) is 14.1. The van der Waals surface area contributed by atoms with Crippen LogP contribution in [0.5, 0.6) is 5.75 Å². The van der Waals surface area contributed by atoms with Gasteiger partial charge in [-0.25, -0.2) is 0 Å². The molecule has 0 spiro atoms. The molecule has 0 saturated heterocycles. The van der Waals surface area contributed by atoms with Gasteiger partial charge in [0, 0.05) is 15.6 Å². The van der Waals surface area contributed by atoms with Gasteiger partial charge in [0.15, 0.2) is 0 Å². The van der Waals surface area contributed by atoms with Crippen molar-refractivity contribution < 1.29 is 14.3 Å². The van der Waals surface area contributed by atoms with Gasteiger partial charge >= 0.3 is 11.8 Å². The first-order chi connectivity index (χ1) is 11.5. The lowest BCUT2D eigenvalue weighted by Gasteiger charge is -2.10. The highest BCUT2D eigenvalue weighted by atomic mass is 35.5. The first kappa shape index (κ1) is 17.7. The fraction of sp³-hybridized carbons (Fsp3) is 0.0625. The van der Waals surface area contributed by atoms with Crippen LogP contribution in [0, 0.1) is 10.7 Å². The van der Waals surface area contributed by atoms with Gasteiger partial charge in [-0.2, -0.15) is 5.26 Å². The Bertz CT molecular complexity index is 803. The number of carbonyl (C=O) groups is 2. The van der Waals surface area contributed by atoms with Gasteiger partial charge in [0.25, 0.3) is 0 Å². The molecule has 6 nitrogen and oxygen atoms in total. The Morgan fingerprint density at radius 3 is 2.42 bits per heavy atom. The Balaban J connectivity index is 2.03. The molecule has 0 aliphatic heterocycles. The summed E-state index contributed by atoms with van der Waals surface area (Å²) in [5, 5.41) is 15.8. The zero-order chi connectivity index (χ0) is 17.5. The molecule has 122 valence electrons. The number of anilines is 2. The Labute approximate surface area is 147 Å². The Hall–Kier alpha value is -2.69. The van der Waals surface area contributed by atoms with Crippen molar-refractivity contribution in [2.45, 2.75) is 4.90 Å². The molecule has 0 aliphatic rings. The average molecular weight is 362 g/mol. The minimum absolute atomic E-state index is 0.297. The summed E-state index contributed by atoms with van der Waals surface area (Å²) in [6.45, 7) is 0. The van der Waals surface area contributed by atoms with Crippen molar-refractivity contribution in [3.63, 3.8) is 0 Å². The SMILES string of the molecule is COc1ccc(Cl)cc1NC(=O)C(=O)Nc1ccc(SC#N)cc1. The van der Waals surface area contributed by atoms with E-state index in [1.54, 1.807) is 36.4 Å². The molecule has 2 amide bonds. The van der Waals surface area contributed by atoms with Crippen LogP contribution >= 0.6 is 23.4 Å². The number of hydrogen-bond acceptors (Lipinski definition) is 5. The second kappa shape index (κ2) is 8.24. The Morgan fingerprint density at radius 1 is 1.12 bits per heavy atom. The smallest absolute Gasteiger partial charge is 0.314 e. The van der Waals surface area contributed by atoms with E-state index in [9.17, 15) is 9.59 Å². The fourth-order valence-electron chi connectivity index (χ4n) is 1.80. The lowest BCUT2D eigenvalue weighted by molar-refractivity contribution is -0.133. The predicted molar refractivity (Wildman–Crippen MR) is 93.2 cm³/mol. The topological polar surface area (TPSA) is 91.2 Å². The van der Waals surface area contributed by atoms with Gasteiger partial charge < -0.3 is 15.4 Å². The second-order valence-electron chi connectivity index (χ2n) is 4.47. The molecule has 0 fully saturated rings. The maximum Gasteiger partial charge on any atom is 0.314 e. The van der Waals surface area contributed by atoms with Gasteiger partial charge in [0.2, 0.25) is 0 Å². The molecule has 0 unspecified atom stereocenters. The quantitative estimate of drug-likeness (QED) is 0.494. The summed E-state index contributed by atoms with van der Waals surface area (Å²) in [5.74, 6) is -1.30. The molecule has 0 atom stereocenters. The van der Waals surface area contributed by atoms with Gasteiger partial charge in [0.05, 0.1) is 12.8 Å². The third kappa shape index (κ3) is 4.65. The molecule has 0 radical (unpaired) electrons. The minimum Gasteiger partial charge on any atom is -0.495 e. The number of thiocyanates is 1. The van der Waals surface area contributed by atoms with E-state index < -0.39 is 11.8 Å². The van der Waals surface area contributed by atoms with Crippen molar-refractivity contribution in [2.24, 2.45) is 0 Å². The molecular weight excluding hydrogens is 350 g/mol. The number of nitrogens with zero attached hydrogens (tertiary/aromatic N) is 1. The molecular formula is C16H12ClN3O3S. The standard InChI is InChI=1S/C16H12ClN3O3S/c1-23-14-7-2-10(17)8-13(14)20-16(22)15(21)19-11-3-5-12(6-4-11)24-9-18/h2-8H,1H3,(H,19,21)(H,20,22). The fourth-order valence-corrected chi connectivity index (χ4v) is 2.35. The Kier molecular flexibility index (Phi) is 6.07. The van der Waals surface area contributed by atoms with Crippen molar-refractivity contribution in [2.75, 3.05) is 17.7 Å². The largest absolute Gasteiger partial charge is 0.495 e. The second-order valence-corrected chi connectivity index (χ2v) is 5.77. The van der Waals surface area contributed by atoms with Crippen molar-refractivity contribution in [1.82, 2.24) is 0 Å².